The highest BCUT2D eigenvalue weighted by atomic mass is 16.4. The normalized spacial score (nSPS) is 10.4. The topological polar surface area (TPSA) is 80.0 Å². The number of aryl methyl sites for hydroxylation is 1. The molecule has 0 bridgehead atoms. The molecule has 3 aromatic rings. The summed E-state index contributed by atoms with van der Waals surface area (Å²) in [4.78, 5) is 15.2. The first-order chi connectivity index (χ1) is 10.6. The molecule has 3 rings (SSSR count). The fraction of sp³-hybridized carbons (Fsp3) is 0.0625. The Labute approximate surface area is 126 Å². The summed E-state index contributed by atoms with van der Waals surface area (Å²) in [6.45, 7) is 0. The lowest BCUT2D eigenvalue weighted by Crippen LogP contribution is -2.03. The maximum absolute atomic E-state index is 11.3. The van der Waals surface area contributed by atoms with Crippen LogP contribution in [0, 0.1) is 12.3 Å². The number of carboxylic acid groups (broad SMARTS) is 1. The van der Waals surface area contributed by atoms with Crippen molar-refractivity contribution in [1.82, 2.24) is 14.8 Å². The van der Waals surface area contributed by atoms with Gasteiger partial charge in [-0.25, -0.2) is 4.79 Å². The van der Waals surface area contributed by atoms with E-state index in [2.05, 4.69) is 21.3 Å². The van der Waals surface area contributed by atoms with Gasteiger partial charge in [0.2, 0.25) is 0 Å². The molecule has 0 radical (unpaired) electrons. The molecule has 1 aromatic carbocycles. The molecule has 0 unspecified atom stereocenters. The molecular weight excluding hydrogens is 280 g/mol. The van der Waals surface area contributed by atoms with E-state index < -0.39 is 5.97 Å². The number of anilines is 2. The van der Waals surface area contributed by atoms with Crippen molar-refractivity contribution in [1.29, 1.82) is 0 Å². The van der Waals surface area contributed by atoms with Crippen LogP contribution in [-0.2, 0) is 7.05 Å². The minimum Gasteiger partial charge on any atom is -0.478 e. The Balaban J connectivity index is 2.12. The second-order valence-electron chi connectivity index (χ2n) is 4.70. The van der Waals surface area contributed by atoms with E-state index in [0.29, 0.717) is 11.5 Å². The van der Waals surface area contributed by atoms with Gasteiger partial charge < -0.3 is 10.4 Å². The van der Waals surface area contributed by atoms with Crippen LogP contribution in [0.3, 0.4) is 0 Å². The molecular formula is C16H12N4O2. The molecule has 0 aliphatic rings. The van der Waals surface area contributed by atoms with Crippen LogP contribution in [0.5, 0.6) is 0 Å². The SMILES string of the molecule is C#Cc1ccc2c(c1)c(Nc1cnccc1C(=O)O)nn2C. The Morgan fingerprint density at radius 1 is 1.41 bits per heavy atom. The number of nitrogens with one attached hydrogen (secondary N) is 1. The predicted molar refractivity (Wildman–Crippen MR) is 83.1 cm³/mol. The highest BCUT2D eigenvalue weighted by Crippen LogP contribution is 2.27. The quantitative estimate of drug-likeness (QED) is 0.725. The first-order valence-corrected chi connectivity index (χ1v) is 6.48. The summed E-state index contributed by atoms with van der Waals surface area (Å²) in [6.07, 6.45) is 8.31. The average molecular weight is 292 g/mol. The van der Waals surface area contributed by atoms with Crippen LogP contribution in [0.25, 0.3) is 10.9 Å². The van der Waals surface area contributed by atoms with Gasteiger partial charge in [0, 0.05) is 24.2 Å². The smallest absolute Gasteiger partial charge is 0.337 e. The Bertz CT molecular complexity index is 922. The Morgan fingerprint density at radius 3 is 2.95 bits per heavy atom. The van der Waals surface area contributed by atoms with E-state index in [1.807, 2.05) is 25.2 Å². The number of hydrogen-bond acceptors (Lipinski definition) is 4. The standard InChI is InChI=1S/C16H12N4O2/c1-3-10-4-5-14-12(8-10)15(19-20(14)2)18-13-9-17-7-6-11(13)16(21)22/h1,4-9H,2H3,(H,18,19)(H,21,22). The Hall–Kier alpha value is -3.33. The first-order valence-electron chi connectivity index (χ1n) is 6.48. The number of aromatic nitrogens is 3. The number of hydrogen-bond donors (Lipinski definition) is 2. The van der Waals surface area contributed by atoms with Gasteiger partial charge in [0.25, 0.3) is 0 Å². The van der Waals surface area contributed by atoms with Gasteiger partial charge in [-0.05, 0) is 24.3 Å². The lowest BCUT2D eigenvalue weighted by Gasteiger charge is -2.06. The van der Waals surface area contributed by atoms with Crippen molar-refractivity contribution in [2.75, 3.05) is 5.32 Å². The molecule has 0 fully saturated rings. The summed E-state index contributed by atoms with van der Waals surface area (Å²) in [7, 11) is 1.81. The van der Waals surface area contributed by atoms with Crippen molar-refractivity contribution in [2.45, 2.75) is 0 Å². The molecule has 2 N–H and O–H groups in total. The van der Waals surface area contributed by atoms with Crippen LogP contribution < -0.4 is 5.32 Å². The summed E-state index contributed by atoms with van der Waals surface area (Å²) in [5, 5.41) is 17.4. The van der Waals surface area contributed by atoms with Gasteiger partial charge in [0.1, 0.15) is 0 Å². The van der Waals surface area contributed by atoms with Gasteiger partial charge in [-0.1, -0.05) is 5.92 Å². The number of pyridine rings is 1. The number of nitrogens with zero attached hydrogens (tertiary/aromatic N) is 3. The van der Waals surface area contributed by atoms with Crippen molar-refractivity contribution in [2.24, 2.45) is 7.05 Å². The number of carbonyl (C=O) groups is 1. The molecule has 108 valence electrons. The van der Waals surface area contributed by atoms with Crippen LogP contribution in [0.15, 0.2) is 36.7 Å². The third-order valence-corrected chi connectivity index (χ3v) is 3.32. The molecule has 0 aliphatic carbocycles. The van der Waals surface area contributed by atoms with Crippen molar-refractivity contribution in [3.63, 3.8) is 0 Å². The fourth-order valence-corrected chi connectivity index (χ4v) is 2.26. The van der Waals surface area contributed by atoms with E-state index in [1.165, 1.54) is 18.5 Å². The maximum Gasteiger partial charge on any atom is 0.337 e. The van der Waals surface area contributed by atoms with Gasteiger partial charge in [0.05, 0.1) is 23.0 Å². The highest BCUT2D eigenvalue weighted by molar-refractivity contribution is 5.98. The van der Waals surface area contributed by atoms with E-state index in [9.17, 15) is 9.90 Å². The van der Waals surface area contributed by atoms with Crippen LogP contribution in [-0.4, -0.2) is 25.8 Å². The second-order valence-corrected chi connectivity index (χ2v) is 4.70. The monoisotopic (exact) mass is 292 g/mol. The largest absolute Gasteiger partial charge is 0.478 e. The maximum atomic E-state index is 11.3. The summed E-state index contributed by atoms with van der Waals surface area (Å²) in [5.41, 5.74) is 2.12. The zero-order valence-corrected chi connectivity index (χ0v) is 11.7. The number of fused-ring (bicyclic) bond motifs is 1. The van der Waals surface area contributed by atoms with Crippen molar-refractivity contribution >= 4 is 28.4 Å². The van der Waals surface area contributed by atoms with Crippen LogP contribution in [0.1, 0.15) is 15.9 Å². The van der Waals surface area contributed by atoms with Gasteiger partial charge in [-0.2, -0.15) is 5.10 Å². The minimum atomic E-state index is -1.03. The first kappa shape index (κ1) is 13.6. The lowest BCUT2D eigenvalue weighted by atomic mass is 10.1. The number of carboxylic acids is 1. The van der Waals surface area contributed by atoms with Crippen molar-refractivity contribution in [3.05, 3.63) is 47.8 Å². The minimum absolute atomic E-state index is 0.127. The number of benzene rings is 1. The third kappa shape index (κ3) is 2.25. The van der Waals surface area contributed by atoms with E-state index in [4.69, 9.17) is 6.42 Å². The molecule has 0 saturated carbocycles. The van der Waals surface area contributed by atoms with Gasteiger partial charge in [-0.15, -0.1) is 6.42 Å². The Morgan fingerprint density at radius 2 is 2.23 bits per heavy atom. The van der Waals surface area contributed by atoms with Gasteiger partial charge in [-0.3, -0.25) is 9.67 Å². The van der Waals surface area contributed by atoms with Crippen LogP contribution in [0.4, 0.5) is 11.5 Å². The zero-order valence-electron chi connectivity index (χ0n) is 11.7. The second kappa shape index (κ2) is 5.22. The summed E-state index contributed by atoms with van der Waals surface area (Å²) < 4.78 is 1.70. The molecule has 6 nitrogen and oxygen atoms in total. The summed E-state index contributed by atoms with van der Waals surface area (Å²) in [6, 6.07) is 6.98. The summed E-state index contributed by atoms with van der Waals surface area (Å²) in [5.74, 6) is 2.08. The average Bonchev–Trinajstić information content (AvgIpc) is 2.83. The molecule has 22 heavy (non-hydrogen) atoms. The van der Waals surface area contributed by atoms with E-state index in [-0.39, 0.29) is 5.56 Å². The highest BCUT2D eigenvalue weighted by Gasteiger charge is 2.14. The van der Waals surface area contributed by atoms with Crippen molar-refractivity contribution < 1.29 is 9.90 Å². The van der Waals surface area contributed by atoms with Crippen LogP contribution in [0.2, 0.25) is 0 Å². The third-order valence-electron chi connectivity index (χ3n) is 3.32. The molecule has 2 aromatic heterocycles. The molecule has 0 amide bonds. The molecule has 0 saturated heterocycles. The fourth-order valence-electron chi connectivity index (χ4n) is 2.26. The van der Waals surface area contributed by atoms with Gasteiger partial charge >= 0.3 is 5.97 Å². The van der Waals surface area contributed by atoms with E-state index in [1.54, 1.807) is 4.68 Å². The van der Waals surface area contributed by atoms with Gasteiger partial charge in [0.15, 0.2) is 5.82 Å². The Kier molecular flexibility index (Phi) is 3.24. The number of rotatable bonds is 3. The zero-order chi connectivity index (χ0) is 15.7. The summed E-state index contributed by atoms with van der Waals surface area (Å²) >= 11 is 0. The van der Waals surface area contributed by atoms with E-state index in [0.717, 1.165) is 16.5 Å². The number of terminal acetylenes is 1. The van der Waals surface area contributed by atoms with E-state index >= 15 is 0 Å². The molecule has 0 spiro atoms. The number of aromatic carboxylic acids is 1. The molecule has 0 atom stereocenters. The lowest BCUT2D eigenvalue weighted by molar-refractivity contribution is 0.0698. The van der Waals surface area contributed by atoms with Crippen LogP contribution >= 0.6 is 0 Å². The van der Waals surface area contributed by atoms with Crippen molar-refractivity contribution in [3.8, 4) is 12.3 Å². The molecule has 0 aliphatic heterocycles. The molecule has 6 heteroatoms. The predicted octanol–water partition coefficient (Wildman–Crippen LogP) is 2.39. The molecule has 2 heterocycles.